The summed E-state index contributed by atoms with van der Waals surface area (Å²) in [6.45, 7) is 12.0. The standard InChI is InChI=1S/C12H26N2/c1-4-11(2)10-14-8-5-7-13-12(3)6-9-14/h11-13H,4-10H2,1-3H3. The molecule has 1 aliphatic rings. The largest absolute Gasteiger partial charge is 0.314 e. The summed E-state index contributed by atoms with van der Waals surface area (Å²) in [7, 11) is 0. The van der Waals surface area contributed by atoms with Gasteiger partial charge in [0.1, 0.15) is 0 Å². The van der Waals surface area contributed by atoms with E-state index in [0.717, 1.165) is 5.92 Å². The van der Waals surface area contributed by atoms with E-state index < -0.39 is 0 Å². The first-order valence-electron chi connectivity index (χ1n) is 6.18. The van der Waals surface area contributed by atoms with Crippen LogP contribution in [0.4, 0.5) is 0 Å². The highest BCUT2D eigenvalue weighted by Gasteiger charge is 2.13. The van der Waals surface area contributed by atoms with Crippen molar-refractivity contribution in [3.05, 3.63) is 0 Å². The summed E-state index contributed by atoms with van der Waals surface area (Å²) in [4.78, 5) is 2.64. The second kappa shape index (κ2) is 6.41. The third kappa shape index (κ3) is 4.43. The second-order valence-electron chi connectivity index (χ2n) is 4.81. The highest BCUT2D eigenvalue weighted by molar-refractivity contribution is 4.71. The van der Waals surface area contributed by atoms with Crippen molar-refractivity contribution in [2.24, 2.45) is 5.92 Å². The highest BCUT2D eigenvalue weighted by Crippen LogP contribution is 2.08. The van der Waals surface area contributed by atoms with Gasteiger partial charge in [0.05, 0.1) is 0 Å². The SMILES string of the molecule is CCC(C)CN1CCCNC(C)CC1. The van der Waals surface area contributed by atoms with Crippen molar-refractivity contribution in [3.63, 3.8) is 0 Å². The summed E-state index contributed by atoms with van der Waals surface area (Å²) in [5.41, 5.74) is 0. The highest BCUT2D eigenvalue weighted by atomic mass is 15.1. The van der Waals surface area contributed by atoms with E-state index in [1.165, 1.54) is 45.4 Å². The van der Waals surface area contributed by atoms with E-state index in [1.54, 1.807) is 0 Å². The van der Waals surface area contributed by atoms with Crippen LogP contribution in [0.2, 0.25) is 0 Å². The van der Waals surface area contributed by atoms with Crippen LogP contribution in [0.1, 0.15) is 40.0 Å². The van der Waals surface area contributed by atoms with Crippen LogP contribution in [-0.4, -0.2) is 37.1 Å². The fourth-order valence-corrected chi connectivity index (χ4v) is 1.99. The molecule has 0 bridgehead atoms. The third-order valence-electron chi connectivity index (χ3n) is 3.29. The first-order chi connectivity index (χ1) is 6.72. The van der Waals surface area contributed by atoms with Gasteiger partial charge in [-0.25, -0.2) is 0 Å². The molecule has 1 rings (SSSR count). The van der Waals surface area contributed by atoms with Crippen LogP contribution in [0, 0.1) is 5.92 Å². The lowest BCUT2D eigenvalue weighted by molar-refractivity contribution is 0.207. The van der Waals surface area contributed by atoms with Gasteiger partial charge in [0.25, 0.3) is 0 Å². The van der Waals surface area contributed by atoms with Crippen molar-refractivity contribution in [2.45, 2.75) is 46.1 Å². The Labute approximate surface area is 89.1 Å². The van der Waals surface area contributed by atoms with Crippen LogP contribution in [0.25, 0.3) is 0 Å². The molecule has 14 heavy (non-hydrogen) atoms. The van der Waals surface area contributed by atoms with Crippen LogP contribution < -0.4 is 5.32 Å². The first-order valence-corrected chi connectivity index (χ1v) is 6.18. The lowest BCUT2D eigenvalue weighted by Gasteiger charge is -2.29. The summed E-state index contributed by atoms with van der Waals surface area (Å²) in [6.07, 6.45) is 3.92. The van der Waals surface area contributed by atoms with Crippen molar-refractivity contribution in [1.82, 2.24) is 10.2 Å². The predicted octanol–water partition coefficient (Wildman–Crippen LogP) is 2.11. The molecule has 1 heterocycles. The molecule has 1 N–H and O–H groups in total. The normalized spacial score (nSPS) is 28.1. The van der Waals surface area contributed by atoms with Gasteiger partial charge in [-0.2, -0.15) is 0 Å². The lowest BCUT2D eigenvalue weighted by Crippen LogP contribution is -2.39. The number of rotatable bonds is 3. The number of nitrogens with zero attached hydrogens (tertiary/aromatic N) is 1. The minimum atomic E-state index is 0.703. The van der Waals surface area contributed by atoms with Gasteiger partial charge in [-0.15, -0.1) is 0 Å². The minimum Gasteiger partial charge on any atom is -0.314 e. The maximum absolute atomic E-state index is 3.55. The van der Waals surface area contributed by atoms with Crippen molar-refractivity contribution < 1.29 is 0 Å². The van der Waals surface area contributed by atoms with Gasteiger partial charge in [0, 0.05) is 12.6 Å². The van der Waals surface area contributed by atoms with Crippen LogP contribution >= 0.6 is 0 Å². The smallest absolute Gasteiger partial charge is 0.00509 e. The van der Waals surface area contributed by atoms with Gasteiger partial charge in [-0.1, -0.05) is 20.3 Å². The number of nitrogens with one attached hydrogen (secondary N) is 1. The Morgan fingerprint density at radius 3 is 2.93 bits per heavy atom. The molecule has 84 valence electrons. The zero-order valence-electron chi connectivity index (χ0n) is 10.1. The maximum Gasteiger partial charge on any atom is 0.00509 e. The van der Waals surface area contributed by atoms with Crippen molar-refractivity contribution >= 4 is 0 Å². The zero-order chi connectivity index (χ0) is 10.4. The molecule has 2 unspecified atom stereocenters. The average Bonchev–Trinajstić information content (AvgIpc) is 2.16. The van der Waals surface area contributed by atoms with E-state index in [2.05, 4.69) is 31.0 Å². The third-order valence-corrected chi connectivity index (χ3v) is 3.29. The molecule has 0 aromatic carbocycles. The molecular formula is C12H26N2. The van der Waals surface area contributed by atoms with Gasteiger partial charge in [-0.05, 0) is 45.3 Å². The Morgan fingerprint density at radius 1 is 1.43 bits per heavy atom. The molecule has 1 fully saturated rings. The Bertz CT molecular complexity index is 147. The van der Waals surface area contributed by atoms with Crippen LogP contribution in [0.15, 0.2) is 0 Å². The molecule has 0 saturated carbocycles. The monoisotopic (exact) mass is 198 g/mol. The summed E-state index contributed by atoms with van der Waals surface area (Å²) < 4.78 is 0. The zero-order valence-corrected chi connectivity index (χ0v) is 10.1. The van der Waals surface area contributed by atoms with Gasteiger partial charge in [0.15, 0.2) is 0 Å². The number of hydrogen-bond acceptors (Lipinski definition) is 2. The van der Waals surface area contributed by atoms with Crippen molar-refractivity contribution in [1.29, 1.82) is 0 Å². The van der Waals surface area contributed by atoms with Gasteiger partial charge >= 0.3 is 0 Å². The van der Waals surface area contributed by atoms with Gasteiger partial charge in [0.2, 0.25) is 0 Å². The topological polar surface area (TPSA) is 15.3 Å². The molecule has 0 aromatic heterocycles. The first kappa shape index (κ1) is 12.0. The Kier molecular flexibility index (Phi) is 5.49. The molecule has 0 aliphatic carbocycles. The number of hydrogen-bond donors (Lipinski definition) is 1. The van der Waals surface area contributed by atoms with Gasteiger partial charge < -0.3 is 10.2 Å². The summed E-state index contributed by atoms with van der Waals surface area (Å²) >= 11 is 0. The Morgan fingerprint density at radius 2 is 2.21 bits per heavy atom. The van der Waals surface area contributed by atoms with Crippen LogP contribution in [0.3, 0.4) is 0 Å². The van der Waals surface area contributed by atoms with E-state index in [1.807, 2.05) is 0 Å². The molecule has 1 aliphatic heterocycles. The van der Waals surface area contributed by atoms with Crippen molar-refractivity contribution in [3.8, 4) is 0 Å². The molecule has 2 atom stereocenters. The fourth-order valence-electron chi connectivity index (χ4n) is 1.99. The molecule has 0 spiro atoms. The second-order valence-corrected chi connectivity index (χ2v) is 4.81. The van der Waals surface area contributed by atoms with E-state index >= 15 is 0 Å². The fraction of sp³-hybridized carbons (Fsp3) is 1.00. The molecular weight excluding hydrogens is 172 g/mol. The Balaban J connectivity index is 2.28. The van der Waals surface area contributed by atoms with E-state index in [0.29, 0.717) is 6.04 Å². The molecule has 0 aromatic rings. The molecule has 2 nitrogen and oxygen atoms in total. The van der Waals surface area contributed by atoms with E-state index in [-0.39, 0.29) is 0 Å². The molecule has 0 radical (unpaired) electrons. The maximum atomic E-state index is 3.55. The van der Waals surface area contributed by atoms with Gasteiger partial charge in [-0.3, -0.25) is 0 Å². The van der Waals surface area contributed by atoms with E-state index in [9.17, 15) is 0 Å². The van der Waals surface area contributed by atoms with E-state index in [4.69, 9.17) is 0 Å². The van der Waals surface area contributed by atoms with Crippen LogP contribution in [0.5, 0.6) is 0 Å². The predicted molar refractivity (Wildman–Crippen MR) is 62.6 cm³/mol. The van der Waals surface area contributed by atoms with Crippen molar-refractivity contribution in [2.75, 3.05) is 26.2 Å². The molecule has 2 heteroatoms. The quantitative estimate of drug-likeness (QED) is 0.747. The van der Waals surface area contributed by atoms with Crippen LogP contribution in [-0.2, 0) is 0 Å². The molecule has 1 saturated heterocycles. The molecule has 0 amide bonds. The lowest BCUT2D eigenvalue weighted by atomic mass is 10.1. The summed E-state index contributed by atoms with van der Waals surface area (Å²) in [5.74, 6) is 0.859. The Hall–Kier alpha value is -0.0800. The summed E-state index contributed by atoms with van der Waals surface area (Å²) in [5, 5.41) is 3.55. The summed E-state index contributed by atoms with van der Waals surface area (Å²) in [6, 6.07) is 0.703. The minimum absolute atomic E-state index is 0.703. The average molecular weight is 198 g/mol.